The second kappa shape index (κ2) is 10.7. The number of carbonyl (C=O) groups is 1. The van der Waals surface area contributed by atoms with Crippen LogP contribution in [0, 0.1) is 0 Å². The van der Waals surface area contributed by atoms with Gasteiger partial charge in [-0.15, -0.1) is 12.4 Å². The van der Waals surface area contributed by atoms with Gasteiger partial charge in [0.1, 0.15) is 0 Å². The molecule has 1 unspecified atom stereocenters. The van der Waals surface area contributed by atoms with E-state index in [4.69, 9.17) is 0 Å². The summed E-state index contributed by atoms with van der Waals surface area (Å²) in [7, 11) is -3.30. The van der Waals surface area contributed by atoms with Crippen LogP contribution in [-0.2, 0) is 20.6 Å². The summed E-state index contributed by atoms with van der Waals surface area (Å²) < 4.78 is 26.7. The summed E-state index contributed by atoms with van der Waals surface area (Å²) in [6.07, 6.45) is 1.85. The Morgan fingerprint density at radius 2 is 1.93 bits per heavy atom. The second-order valence-corrected chi connectivity index (χ2v) is 10.0. The fourth-order valence-electron chi connectivity index (χ4n) is 3.42. The maximum absolute atomic E-state index is 12.6. The van der Waals surface area contributed by atoms with Gasteiger partial charge in [0.15, 0.2) is 0 Å². The van der Waals surface area contributed by atoms with E-state index in [-0.39, 0.29) is 36.2 Å². The molecule has 2 aliphatic heterocycles. The van der Waals surface area contributed by atoms with E-state index in [1.807, 2.05) is 42.1 Å². The highest BCUT2D eigenvalue weighted by molar-refractivity contribution is 7.99. The Kier molecular flexibility index (Phi) is 8.88. The van der Waals surface area contributed by atoms with E-state index >= 15 is 0 Å². The fraction of sp³-hybridized carbons (Fsp3) is 0.611. The number of thioether (sulfide) groups is 1. The standard InChI is InChI=1S/C18H27N3O3S2.ClH/c22-18(12-17-13-25-11-8-19-17)20-16-6-9-21(10-7-16)26(23,24)14-15-4-2-1-3-5-15;/h1-5,16-17,19H,6-14H2,(H,20,22);1H. The topological polar surface area (TPSA) is 78.5 Å². The number of piperidine rings is 1. The van der Waals surface area contributed by atoms with Crippen molar-refractivity contribution in [3.8, 4) is 0 Å². The Hall–Kier alpha value is -0.800. The van der Waals surface area contributed by atoms with Gasteiger partial charge in [-0.1, -0.05) is 30.3 Å². The minimum atomic E-state index is -3.30. The van der Waals surface area contributed by atoms with Crippen LogP contribution < -0.4 is 10.6 Å². The van der Waals surface area contributed by atoms with Crippen molar-refractivity contribution in [1.29, 1.82) is 0 Å². The Morgan fingerprint density at radius 1 is 1.22 bits per heavy atom. The van der Waals surface area contributed by atoms with Gasteiger partial charge in [-0.3, -0.25) is 4.79 Å². The van der Waals surface area contributed by atoms with Crippen LogP contribution in [0.5, 0.6) is 0 Å². The van der Waals surface area contributed by atoms with Gasteiger partial charge in [0.2, 0.25) is 15.9 Å². The van der Waals surface area contributed by atoms with E-state index in [0.717, 1.165) is 23.6 Å². The normalized spacial score (nSPS) is 22.0. The van der Waals surface area contributed by atoms with Crippen LogP contribution in [0.3, 0.4) is 0 Å². The average Bonchev–Trinajstić information content (AvgIpc) is 2.63. The molecule has 0 saturated carbocycles. The fourth-order valence-corrected chi connectivity index (χ4v) is 5.93. The molecule has 2 saturated heterocycles. The molecule has 9 heteroatoms. The minimum Gasteiger partial charge on any atom is -0.353 e. The van der Waals surface area contributed by atoms with E-state index in [0.29, 0.717) is 32.4 Å². The third-order valence-corrected chi connectivity index (χ3v) is 7.82. The first kappa shape index (κ1) is 22.5. The quantitative estimate of drug-likeness (QED) is 0.712. The van der Waals surface area contributed by atoms with Gasteiger partial charge in [-0.2, -0.15) is 11.8 Å². The summed E-state index contributed by atoms with van der Waals surface area (Å²) in [6.45, 7) is 1.90. The highest BCUT2D eigenvalue weighted by Crippen LogP contribution is 2.18. The summed E-state index contributed by atoms with van der Waals surface area (Å²) in [4.78, 5) is 12.2. The van der Waals surface area contributed by atoms with E-state index in [2.05, 4.69) is 10.6 Å². The number of hydrogen-bond acceptors (Lipinski definition) is 5. The van der Waals surface area contributed by atoms with Gasteiger partial charge in [-0.05, 0) is 18.4 Å². The molecule has 2 heterocycles. The third-order valence-electron chi connectivity index (χ3n) is 4.83. The van der Waals surface area contributed by atoms with Gasteiger partial charge in [0.05, 0.1) is 5.75 Å². The van der Waals surface area contributed by atoms with Crippen LogP contribution in [0.25, 0.3) is 0 Å². The van der Waals surface area contributed by atoms with Crippen molar-refractivity contribution in [2.45, 2.75) is 37.1 Å². The third kappa shape index (κ3) is 6.94. The van der Waals surface area contributed by atoms with Crippen molar-refractivity contribution < 1.29 is 13.2 Å². The maximum Gasteiger partial charge on any atom is 0.221 e. The number of hydrogen-bond donors (Lipinski definition) is 2. The van der Waals surface area contributed by atoms with E-state index < -0.39 is 10.0 Å². The SMILES string of the molecule is Cl.O=C(CC1CSCCN1)NC1CCN(S(=O)(=O)Cc2ccccc2)CC1. The molecule has 27 heavy (non-hydrogen) atoms. The van der Waals surface area contributed by atoms with Gasteiger partial charge in [0, 0.05) is 49.6 Å². The molecule has 1 amide bonds. The summed E-state index contributed by atoms with van der Waals surface area (Å²) in [5.41, 5.74) is 0.806. The highest BCUT2D eigenvalue weighted by Gasteiger charge is 2.29. The molecule has 152 valence electrons. The van der Waals surface area contributed by atoms with Crippen molar-refractivity contribution in [2.24, 2.45) is 0 Å². The molecule has 1 aromatic rings. The molecule has 3 rings (SSSR count). The molecule has 0 aliphatic carbocycles. The lowest BCUT2D eigenvalue weighted by molar-refractivity contribution is -0.122. The summed E-state index contributed by atoms with van der Waals surface area (Å²) in [5.74, 6) is 2.18. The molecule has 0 spiro atoms. The van der Waals surface area contributed by atoms with Gasteiger partial charge >= 0.3 is 0 Å². The lowest BCUT2D eigenvalue weighted by Crippen LogP contribution is -2.48. The number of carbonyl (C=O) groups excluding carboxylic acids is 1. The number of rotatable bonds is 6. The van der Waals surface area contributed by atoms with Crippen molar-refractivity contribution >= 4 is 40.1 Å². The predicted molar refractivity (Wildman–Crippen MR) is 113 cm³/mol. The number of halogens is 1. The molecule has 0 aromatic heterocycles. The number of nitrogens with one attached hydrogen (secondary N) is 2. The predicted octanol–water partition coefficient (Wildman–Crippen LogP) is 1.61. The smallest absolute Gasteiger partial charge is 0.221 e. The maximum atomic E-state index is 12.6. The van der Waals surface area contributed by atoms with Crippen LogP contribution in [0.1, 0.15) is 24.8 Å². The molecule has 6 nitrogen and oxygen atoms in total. The number of benzene rings is 1. The molecular formula is C18H28ClN3O3S2. The lowest BCUT2D eigenvalue weighted by atomic mass is 10.1. The second-order valence-electron chi connectivity index (χ2n) is 6.91. The molecule has 2 N–H and O–H groups in total. The minimum absolute atomic E-state index is 0. The molecular weight excluding hydrogens is 406 g/mol. The largest absolute Gasteiger partial charge is 0.353 e. The zero-order valence-electron chi connectivity index (χ0n) is 15.3. The number of sulfonamides is 1. The van der Waals surface area contributed by atoms with Gasteiger partial charge < -0.3 is 10.6 Å². The zero-order chi connectivity index (χ0) is 18.4. The van der Waals surface area contributed by atoms with Crippen LogP contribution in [0.15, 0.2) is 30.3 Å². The Labute approximate surface area is 172 Å². The monoisotopic (exact) mass is 433 g/mol. The Balaban J connectivity index is 0.00000261. The Morgan fingerprint density at radius 3 is 2.56 bits per heavy atom. The van der Waals surface area contributed by atoms with Crippen LogP contribution >= 0.6 is 24.2 Å². The van der Waals surface area contributed by atoms with Crippen LogP contribution in [0.2, 0.25) is 0 Å². The Bertz CT molecular complexity index is 689. The molecule has 1 aromatic carbocycles. The van der Waals surface area contributed by atoms with Crippen LogP contribution in [-0.4, -0.2) is 61.9 Å². The zero-order valence-corrected chi connectivity index (χ0v) is 17.8. The first-order valence-electron chi connectivity index (χ1n) is 9.15. The number of amides is 1. The van der Waals surface area contributed by atoms with Crippen molar-refractivity contribution in [3.63, 3.8) is 0 Å². The molecule has 0 bridgehead atoms. The molecule has 2 aliphatic rings. The highest BCUT2D eigenvalue weighted by atomic mass is 35.5. The average molecular weight is 434 g/mol. The van der Waals surface area contributed by atoms with Crippen LogP contribution in [0.4, 0.5) is 0 Å². The first-order chi connectivity index (χ1) is 12.5. The van der Waals surface area contributed by atoms with E-state index in [1.54, 1.807) is 4.31 Å². The van der Waals surface area contributed by atoms with Crippen molar-refractivity contribution in [2.75, 3.05) is 31.1 Å². The molecule has 0 radical (unpaired) electrons. The molecule has 2 fully saturated rings. The van der Waals surface area contributed by atoms with Gasteiger partial charge in [0.25, 0.3) is 0 Å². The van der Waals surface area contributed by atoms with Gasteiger partial charge in [-0.25, -0.2) is 12.7 Å². The van der Waals surface area contributed by atoms with E-state index in [1.165, 1.54) is 0 Å². The first-order valence-corrected chi connectivity index (χ1v) is 11.9. The summed E-state index contributed by atoms with van der Waals surface area (Å²) >= 11 is 1.88. The van der Waals surface area contributed by atoms with Crippen molar-refractivity contribution in [3.05, 3.63) is 35.9 Å². The number of nitrogens with zero attached hydrogens (tertiary/aromatic N) is 1. The molecule has 1 atom stereocenters. The lowest BCUT2D eigenvalue weighted by Gasteiger charge is -2.32. The summed E-state index contributed by atoms with van der Waals surface area (Å²) in [6, 6.07) is 9.58. The van der Waals surface area contributed by atoms with Crippen molar-refractivity contribution in [1.82, 2.24) is 14.9 Å². The van der Waals surface area contributed by atoms with E-state index in [9.17, 15) is 13.2 Å². The summed E-state index contributed by atoms with van der Waals surface area (Å²) in [5, 5.41) is 6.45.